The zero-order valence-corrected chi connectivity index (χ0v) is 11.8. The Kier molecular flexibility index (Phi) is 4.01. The molecule has 1 aromatic heterocycles. The molecule has 0 bridgehead atoms. The van der Waals surface area contributed by atoms with Crippen molar-refractivity contribution in [3.05, 3.63) is 47.9 Å². The number of rotatable bonds is 5. The number of aromatic amines is 1. The van der Waals surface area contributed by atoms with Gasteiger partial charge < -0.3 is 4.98 Å². The SMILES string of the molecule is CCN(Cc1ccccc1C)S(=O)(=O)c1cnc[nH]1. The van der Waals surface area contributed by atoms with Crippen molar-refractivity contribution >= 4 is 10.0 Å². The predicted octanol–water partition coefficient (Wildman–Crippen LogP) is 1.93. The van der Waals surface area contributed by atoms with Crippen LogP contribution in [0.1, 0.15) is 18.1 Å². The first kappa shape index (κ1) is 13.8. The maximum Gasteiger partial charge on any atom is 0.260 e. The Morgan fingerprint density at radius 1 is 1.32 bits per heavy atom. The number of aryl methyl sites for hydroxylation is 1. The quantitative estimate of drug-likeness (QED) is 0.909. The fraction of sp³-hybridized carbons (Fsp3) is 0.308. The van der Waals surface area contributed by atoms with E-state index < -0.39 is 10.0 Å². The standard InChI is InChI=1S/C13H17N3O2S/c1-3-16(9-12-7-5-4-6-11(12)2)19(17,18)13-8-14-10-15-13/h4-8,10H,3,9H2,1-2H3,(H,14,15). The minimum Gasteiger partial charge on any atom is -0.335 e. The highest BCUT2D eigenvalue weighted by atomic mass is 32.2. The fourth-order valence-corrected chi connectivity index (χ4v) is 3.19. The molecule has 0 fully saturated rings. The summed E-state index contributed by atoms with van der Waals surface area (Å²) in [6, 6.07) is 7.78. The molecule has 0 spiro atoms. The molecule has 19 heavy (non-hydrogen) atoms. The number of hydrogen-bond donors (Lipinski definition) is 1. The number of H-pyrrole nitrogens is 1. The maximum atomic E-state index is 12.4. The molecule has 102 valence electrons. The number of aromatic nitrogens is 2. The highest BCUT2D eigenvalue weighted by molar-refractivity contribution is 7.89. The zero-order chi connectivity index (χ0) is 13.9. The summed E-state index contributed by atoms with van der Waals surface area (Å²) >= 11 is 0. The number of hydrogen-bond acceptors (Lipinski definition) is 3. The highest BCUT2D eigenvalue weighted by Crippen LogP contribution is 2.17. The number of benzene rings is 1. The summed E-state index contributed by atoms with van der Waals surface area (Å²) in [5, 5.41) is 0.128. The summed E-state index contributed by atoms with van der Waals surface area (Å²) in [4.78, 5) is 6.42. The Morgan fingerprint density at radius 3 is 2.63 bits per heavy atom. The lowest BCUT2D eigenvalue weighted by atomic mass is 10.1. The third kappa shape index (κ3) is 2.85. The van der Waals surface area contributed by atoms with Crippen molar-refractivity contribution in [1.29, 1.82) is 0 Å². The first-order valence-corrected chi connectivity index (χ1v) is 7.52. The van der Waals surface area contributed by atoms with Crippen molar-refractivity contribution in [3.8, 4) is 0 Å². The number of sulfonamides is 1. The van der Waals surface area contributed by atoms with Gasteiger partial charge in [0.15, 0.2) is 5.03 Å². The minimum absolute atomic E-state index is 0.128. The van der Waals surface area contributed by atoms with E-state index in [1.165, 1.54) is 16.8 Å². The van der Waals surface area contributed by atoms with Crippen LogP contribution in [0, 0.1) is 6.92 Å². The molecule has 0 radical (unpaired) electrons. The van der Waals surface area contributed by atoms with E-state index >= 15 is 0 Å². The molecule has 0 aliphatic rings. The minimum atomic E-state index is -3.51. The maximum absolute atomic E-state index is 12.4. The topological polar surface area (TPSA) is 66.1 Å². The third-order valence-corrected chi connectivity index (χ3v) is 4.90. The van der Waals surface area contributed by atoms with E-state index in [0.717, 1.165) is 11.1 Å². The van der Waals surface area contributed by atoms with E-state index in [1.54, 1.807) is 0 Å². The first-order valence-electron chi connectivity index (χ1n) is 6.08. The Hall–Kier alpha value is -1.66. The Morgan fingerprint density at radius 2 is 2.05 bits per heavy atom. The largest absolute Gasteiger partial charge is 0.335 e. The van der Waals surface area contributed by atoms with Crippen molar-refractivity contribution in [2.24, 2.45) is 0 Å². The van der Waals surface area contributed by atoms with Crippen LogP contribution in [0.25, 0.3) is 0 Å². The van der Waals surface area contributed by atoms with Crippen LogP contribution in [-0.4, -0.2) is 29.2 Å². The van der Waals surface area contributed by atoms with Gasteiger partial charge >= 0.3 is 0 Å². The van der Waals surface area contributed by atoms with Crippen molar-refractivity contribution < 1.29 is 8.42 Å². The van der Waals surface area contributed by atoms with Gasteiger partial charge in [0.1, 0.15) is 0 Å². The molecule has 0 saturated carbocycles. The first-order chi connectivity index (χ1) is 9.05. The molecule has 0 amide bonds. The van der Waals surface area contributed by atoms with Crippen LogP contribution in [0.15, 0.2) is 41.8 Å². The molecular formula is C13H17N3O2S. The summed E-state index contributed by atoms with van der Waals surface area (Å²) in [6.07, 6.45) is 2.70. The van der Waals surface area contributed by atoms with Crippen LogP contribution in [0.4, 0.5) is 0 Å². The van der Waals surface area contributed by atoms with Gasteiger partial charge in [-0.05, 0) is 18.1 Å². The normalized spacial score (nSPS) is 11.9. The second-order valence-corrected chi connectivity index (χ2v) is 6.18. The van der Waals surface area contributed by atoms with Crippen LogP contribution in [-0.2, 0) is 16.6 Å². The van der Waals surface area contributed by atoms with Gasteiger partial charge in [-0.2, -0.15) is 4.31 Å². The van der Waals surface area contributed by atoms with E-state index in [9.17, 15) is 8.42 Å². The van der Waals surface area contributed by atoms with Gasteiger partial charge in [0, 0.05) is 13.1 Å². The molecule has 6 heteroatoms. The summed E-state index contributed by atoms with van der Waals surface area (Å²) in [7, 11) is -3.51. The fourth-order valence-electron chi connectivity index (χ4n) is 1.87. The molecule has 1 N–H and O–H groups in total. The van der Waals surface area contributed by atoms with E-state index in [1.807, 2.05) is 38.1 Å². The van der Waals surface area contributed by atoms with Crippen molar-refractivity contribution in [2.45, 2.75) is 25.4 Å². The van der Waals surface area contributed by atoms with Gasteiger partial charge in [0.2, 0.25) is 0 Å². The van der Waals surface area contributed by atoms with Crippen LogP contribution < -0.4 is 0 Å². The van der Waals surface area contributed by atoms with Crippen molar-refractivity contribution in [2.75, 3.05) is 6.54 Å². The Balaban J connectivity index is 2.29. The molecule has 2 rings (SSSR count). The van der Waals surface area contributed by atoms with Gasteiger partial charge in [-0.15, -0.1) is 0 Å². The van der Waals surface area contributed by atoms with E-state index in [2.05, 4.69) is 9.97 Å². The average Bonchev–Trinajstić information content (AvgIpc) is 2.92. The second-order valence-electron chi connectivity index (χ2n) is 4.27. The summed E-state index contributed by atoms with van der Waals surface area (Å²) in [6.45, 7) is 4.58. The van der Waals surface area contributed by atoms with Crippen LogP contribution in [0.5, 0.6) is 0 Å². The number of nitrogens with one attached hydrogen (secondary N) is 1. The van der Waals surface area contributed by atoms with E-state index in [4.69, 9.17) is 0 Å². The summed E-state index contributed by atoms with van der Waals surface area (Å²) < 4.78 is 26.2. The molecule has 5 nitrogen and oxygen atoms in total. The molecule has 0 unspecified atom stereocenters. The third-order valence-electron chi connectivity index (χ3n) is 3.05. The second kappa shape index (κ2) is 5.54. The molecule has 2 aromatic rings. The predicted molar refractivity (Wildman–Crippen MR) is 73.0 cm³/mol. The monoisotopic (exact) mass is 279 g/mol. The smallest absolute Gasteiger partial charge is 0.260 e. The van der Waals surface area contributed by atoms with Crippen LogP contribution >= 0.6 is 0 Å². The van der Waals surface area contributed by atoms with Gasteiger partial charge in [-0.25, -0.2) is 13.4 Å². The Labute approximate surface area is 113 Å². The molecule has 0 aliphatic heterocycles. The highest BCUT2D eigenvalue weighted by Gasteiger charge is 2.24. The average molecular weight is 279 g/mol. The number of nitrogens with zero attached hydrogens (tertiary/aromatic N) is 2. The summed E-state index contributed by atoms with van der Waals surface area (Å²) in [5.41, 5.74) is 2.09. The van der Waals surface area contributed by atoms with Gasteiger partial charge in [-0.3, -0.25) is 0 Å². The van der Waals surface area contributed by atoms with Gasteiger partial charge in [0.05, 0.1) is 12.5 Å². The molecule has 1 aromatic carbocycles. The zero-order valence-electron chi connectivity index (χ0n) is 11.0. The van der Waals surface area contributed by atoms with Crippen LogP contribution in [0.3, 0.4) is 0 Å². The van der Waals surface area contributed by atoms with Gasteiger partial charge in [-0.1, -0.05) is 31.2 Å². The van der Waals surface area contributed by atoms with Crippen molar-refractivity contribution in [1.82, 2.24) is 14.3 Å². The van der Waals surface area contributed by atoms with Crippen molar-refractivity contribution in [3.63, 3.8) is 0 Å². The molecular weight excluding hydrogens is 262 g/mol. The molecule has 0 aliphatic carbocycles. The lowest BCUT2D eigenvalue weighted by Crippen LogP contribution is -2.31. The molecule has 1 heterocycles. The van der Waals surface area contributed by atoms with E-state index in [-0.39, 0.29) is 5.03 Å². The summed E-state index contributed by atoms with van der Waals surface area (Å²) in [5.74, 6) is 0. The Bertz CT molecular complexity index is 636. The van der Waals surface area contributed by atoms with Crippen LogP contribution in [0.2, 0.25) is 0 Å². The lowest BCUT2D eigenvalue weighted by molar-refractivity contribution is 0.421. The van der Waals surface area contributed by atoms with E-state index in [0.29, 0.717) is 13.1 Å². The molecule has 0 saturated heterocycles. The lowest BCUT2D eigenvalue weighted by Gasteiger charge is -2.20. The number of imidazole rings is 1. The molecule has 0 atom stereocenters. The van der Waals surface area contributed by atoms with Gasteiger partial charge in [0.25, 0.3) is 10.0 Å².